The van der Waals surface area contributed by atoms with E-state index in [0.717, 1.165) is 39.3 Å². The van der Waals surface area contributed by atoms with Crippen LogP contribution in [-0.2, 0) is 9.53 Å². The molecular weight excluding hydrogens is 256 g/mol. The van der Waals surface area contributed by atoms with E-state index in [1.165, 1.54) is 38.5 Å². The molecule has 20 heavy (non-hydrogen) atoms. The van der Waals surface area contributed by atoms with Crippen molar-refractivity contribution in [2.45, 2.75) is 44.6 Å². The molecule has 2 fully saturated rings. The summed E-state index contributed by atoms with van der Waals surface area (Å²) in [4.78, 5) is 15.4. The Hall–Kier alpha value is -0.650. The molecule has 5 heteroatoms. The van der Waals surface area contributed by atoms with E-state index < -0.39 is 0 Å². The van der Waals surface area contributed by atoms with Crippen molar-refractivity contribution in [3.63, 3.8) is 0 Å². The second-order valence-corrected chi connectivity index (χ2v) is 5.86. The monoisotopic (exact) mass is 284 g/mol. The molecule has 0 aromatic heterocycles. The standard InChI is InChI=1S/C15H28N2O3/c18-13-15(19)17-9-7-16(8-10-17)11-12-20-14-5-3-1-2-4-6-14/h14,18H,1-13H2. The van der Waals surface area contributed by atoms with Crippen LogP contribution < -0.4 is 0 Å². The number of aliphatic hydroxyl groups is 1. The van der Waals surface area contributed by atoms with Gasteiger partial charge in [0, 0.05) is 32.7 Å². The van der Waals surface area contributed by atoms with E-state index in [1.807, 2.05) is 0 Å². The van der Waals surface area contributed by atoms with Gasteiger partial charge in [-0.2, -0.15) is 0 Å². The summed E-state index contributed by atoms with van der Waals surface area (Å²) in [6.07, 6.45) is 8.26. The maximum absolute atomic E-state index is 11.4. The molecule has 116 valence electrons. The summed E-state index contributed by atoms with van der Waals surface area (Å²) >= 11 is 0. The molecule has 0 spiro atoms. The van der Waals surface area contributed by atoms with Gasteiger partial charge in [-0.15, -0.1) is 0 Å². The van der Waals surface area contributed by atoms with Gasteiger partial charge >= 0.3 is 0 Å². The first-order valence-electron chi connectivity index (χ1n) is 8.02. The number of carbonyl (C=O) groups excluding carboxylic acids is 1. The maximum atomic E-state index is 11.4. The van der Waals surface area contributed by atoms with Crippen molar-refractivity contribution in [3.8, 4) is 0 Å². The fourth-order valence-corrected chi connectivity index (χ4v) is 3.08. The van der Waals surface area contributed by atoms with Crippen LogP contribution in [0.2, 0.25) is 0 Å². The van der Waals surface area contributed by atoms with E-state index in [1.54, 1.807) is 4.90 Å². The van der Waals surface area contributed by atoms with Gasteiger partial charge in [-0.05, 0) is 12.8 Å². The third-order valence-corrected chi connectivity index (χ3v) is 4.42. The first-order chi connectivity index (χ1) is 9.79. The molecule has 5 nitrogen and oxygen atoms in total. The molecule has 1 N–H and O–H groups in total. The lowest BCUT2D eigenvalue weighted by molar-refractivity contribution is -0.136. The summed E-state index contributed by atoms with van der Waals surface area (Å²) in [5.41, 5.74) is 0. The molecule has 1 aliphatic carbocycles. The highest BCUT2D eigenvalue weighted by molar-refractivity contribution is 5.77. The van der Waals surface area contributed by atoms with Crippen LogP contribution >= 0.6 is 0 Å². The summed E-state index contributed by atoms with van der Waals surface area (Å²) < 4.78 is 6.00. The number of ether oxygens (including phenoxy) is 1. The summed E-state index contributed by atoms with van der Waals surface area (Å²) in [6.45, 7) is 4.62. The highest BCUT2D eigenvalue weighted by Gasteiger charge is 2.20. The molecule has 0 radical (unpaired) electrons. The first-order valence-corrected chi connectivity index (χ1v) is 8.02. The van der Waals surface area contributed by atoms with E-state index in [0.29, 0.717) is 6.10 Å². The van der Waals surface area contributed by atoms with Gasteiger partial charge in [-0.25, -0.2) is 0 Å². The van der Waals surface area contributed by atoms with Crippen molar-refractivity contribution < 1.29 is 14.6 Å². The Morgan fingerprint density at radius 3 is 2.30 bits per heavy atom. The van der Waals surface area contributed by atoms with Crippen molar-refractivity contribution >= 4 is 5.91 Å². The predicted molar refractivity (Wildman–Crippen MR) is 77.5 cm³/mol. The minimum absolute atomic E-state index is 0.153. The Labute approximate surface area is 121 Å². The number of hydrogen-bond donors (Lipinski definition) is 1. The molecule has 2 rings (SSSR count). The van der Waals surface area contributed by atoms with Crippen molar-refractivity contribution in [3.05, 3.63) is 0 Å². The number of carbonyl (C=O) groups is 1. The Bertz CT molecular complexity index is 283. The highest BCUT2D eigenvalue weighted by atomic mass is 16.5. The van der Waals surface area contributed by atoms with Crippen molar-refractivity contribution in [1.82, 2.24) is 9.80 Å². The zero-order valence-corrected chi connectivity index (χ0v) is 12.4. The van der Waals surface area contributed by atoms with Crippen LogP contribution in [0.5, 0.6) is 0 Å². The zero-order chi connectivity index (χ0) is 14.2. The normalized spacial score (nSPS) is 22.8. The highest BCUT2D eigenvalue weighted by Crippen LogP contribution is 2.19. The number of rotatable bonds is 5. The quantitative estimate of drug-likeness (QED) is 0.761. The Balaban J connectivity index is 1.57. The van der Waals surface area contributed by atoms with Crippen LogP contribution in [0.4, 0.5) is 0 Å². The molecule has 0 atom stereocenters. The minimum atomic E-state index is -0.370. The topological polar surface area (TPSA) is 53.0 Å². The number of hydrogen-bond acceptors (Lipinski definition) is 4. The van der Waals surface area contributed by atoms with E-state index in [9.17, 15) is 4.79 Å². The minimum Gasteiger partial charge on any atom is -0.387 e. The lowest BCUT2D eigenvalue weighted by Crippen LogP contribution is -2.50. The zero-order valence-electron chi connectivity index (χ0n) is 12.4. The molecule has 0 bridgehead atoms. The van der Waals surface area contributed by atoms with Crippen molar-refractivity contribution in [2.75, 3.05) is 45.9 Å². The van der Waals surface area contributed by atoms with Gasteiger partial charge in [0.2, 0.25) is 5.91 Å². The van der Waals surface area contributed by atoms with Gasteiger partial charge in [0.15, 0.2) is 0 Å². The van der Waals surface area contributed by atoms with Gasteiger partial charge in [0.05, 0.1) is 12.7 Å². The lowest BCUT2D eigenvalue weighted by atomic mass is 10.1. The van der Waals surface area contributed by atoms with Gasteiger partial charge in [0.1, 0.15) is 6.61 Å². The summed E-state index contributed by atoms with van der Waals surface area (Å²) in [7, 11) is 0. The smallest absolute Gasteiger partial charge is 0.248 e. The molecule has 1 amide bonds. The third kappa shape index (κ3) is 5.04. The molecule has 1 heterocycles. The number of piperazine rings is 1. The average Bonchev–Trinajstić information content (AvgIpc) is 2.76. The van der Waals surface area contributed by atoms with E-state index >= 15 is 0 Å². The third-order valence-electron chi connectivity index (χ3n) is 4.42. The summed E-state index contributed by atoms with van der Waals surface area (Å²) in [5, 5.41) is 8.84. The van der Waals surface area contributed by atoms with Crippen LogP contribution in [-0.4, -0.2) is 72.9 Å². The Morgan fingerprint density at radius 1 is 1.05 bits per heavy atom. The maximum Gasteiger partial charge on any atom is 0.248 e. The lowest BCUT2D eigenvalue weighted by Gasteiger charge is -2.34. The number of aliphatic hydroxyl groups excluding tert-OH is 1. The molecular formula is C15H28N2O3. The number of nitrogens with zero attached hydrogens (tertiary/aromatic N) is 2. The molecule has 0 aromatic rings. The van der Waals surface area contributed by atoms with E-state index in [-0.39, 0.29) is 12.5 Å². The molecule has 0 unspecified atom stereocenters. The second kappa shape index (κ2) is 8.60. The van der Waals surface area contributed by atoms with Crippen LogP contribution in [0.15, 0.2) is 0 Å². The summed E-state index contributed by atoms with van der Waals surface area (Å²) in [6, 6.07) is 0. The molecule has 2 aliphatic rings. The van der Waals surface area contributed by atoms with Crippen LogP contribution in [0.25, 0.3) is 0 Å². The summed E-state index contributed by atoms with van der Waals surface area (Å²) in [5.74, 6) is -0.153. The predicted octanol–water partition coefficient (Wildman–Crippen LogP) is 0.862. The second-order valence-electron chi connectivity index (χ2n) is 5.86. The Morgan fingerprint density at radius 2 is 1.70 bits per heavy atom. The van der Waals surface area contributed by atoms with Gasteiger partial charge in [-0.3, -0.25) is 9.69 Å². The number of amides is 1. The van der Waals surface area contributed by atoms with Crippen LogP contribution in [0.3, 0.4) is 0 Å². The van der Waals surface area contributed by atoms with Crippen LogP contribution in [0.1, 0.15) is 38.5 Å². The molecule has 1 saturated carbocycles. The molecule has 0 aromatic carbocycles. The van der Waals surface area contributed by atoms with E-state index in [2.05, 4.69) is 4.90 Å². The van der Waals surface area contributed by atoms with Gasteiger partial charge in [0.25, 0.3) is 0 Å². The molecule has 1 saturated heterocycles. The Kier molecular flexibility index (Phi) is 6.76. The first kappa shape index (κ1) is 15.7. The average molecular weight is 284 g/mol. The van der Waals surface area contributed by atoms with Crippen LogP contribution in [0, 0.1) is 0 Å². The van der Waals surface area contributed by atoms with E-state index in [4.69, 9.17) is 9.84 Å². The van der Waals surface area contributed by atoms with Crippen molar-refractivity contribution in [2.24, 2.45) is 0 Å². The largest absolute Gasteiger partial charge is 0.387 e. The van der Waals surface area contributed by atoms with Gasteiger partial charge in [-0.1, -0.05) is 25.7 Å². The fraction of sp³-hybridized carbons (Fsp3) is 0.933. The fourth-order valence-electron chi connectivity index (χ4n) is 3.08. The van der Waals surface area contributed by atoms with Gasteiger partial charge < -0.3 is 14.7 Å². The van der Waals surface area contributed by atoms with Crippen molar-refractivity contribution in [1.29, 1.82) is 0 Å². The molecule has 1 aliphatic heterocycles. The SMILES string of the molecule is O=C(CO)N1CCN(CCOC2CCCCCC2)CC1.